The number of thioether (sulfide) groups is 1. The van der Waals surface area contributed by atoms with Crippen molar-refractivity contribution in [3.8, 4) is 0 Å². The van der Waals surface area contributed by atoms with Gasteiger partial charge in [-0.25, -0.2) is 0 Å². The van der Waals surface area contributed by atoms with Gasteiger partial charge in [0.2, 0.25) is 0 Å². The summed E-state index contributed by atoms with van der Waals surface area (Å²) in [6, 6.07) is 1.70. The Labute approximate surface area is 97.2 Å². The van der Waals surface area contributed by atoms with Crippen LogP contribution in [0.4, 0.5) is 0 Å². The van der Waals surface area contributed by atoms with E-state index in [1.165, 1.54) is 31.8 Å². The minimum Gasteiger partial charge on any atom is -0.316 e. The van der Waals surface area contributed by atoms with Crippen LogP contribution < -0.4 is 5.32 Å². The fraction of sp³-hybridized carbons (Fsp3) is 1.00. The van der Waals surface area contributed by atoms with Crippen molar-refractivity contribution in [3.05, 3.63) is 0 Å². The molecule has 0 aliphatic carbocycles. The summed E-state index contributed by atoms with van der Waals surface area (Å²) < 4.78 is 0. The molecule has 0 amide bonds. The molecule has 3 fully saturated rings. The zero-order chi connectivity index (χ0) is 10.4. The minimum absolute atomic E-state index is 0.820. The Morgan fingerprint density at radius 2 is 2.13 bits per heavy atom. The first-order valence-corrected chi connectivity index (χ1v) is 7.38. The highest BCUT2D eigenvalue weighted by Gasteiger charge is 2.45. The van der Waals surface area contributed by atoms with Gasteiger partial charge >= 0.3 is 0 Å². The van der Waals surface area contributed by atoms with Crippen molar-refractivity contribution in [2.75, 3.05) is 25.4 Å². The number of fused-ring (bicyclic) bond motifs is 1. The van der Waals surface area contributed by atoms with Gasteiger partial charge in [-0.2, -0.15) is 11.8 Å². The standard InChI is InChI=1S/C12H22N2S/c1-8-3-11(7-15-8)14-6-10-4-13-5-12(10)9(14)2/h8-13H,3-7H2,1-2H3. The van der Waals surface area contributed by atoms with E-state index in [-0.39, 0.29) is 0 Å². The van der Waals surface area contributed by atoms with E-state index >= 15 is 0 Å². The van der Waals surface area contributed by atoms with Crippen molar-refractivity contribution < 1.29 is 0 Å². The van der Waals surface area contributed by atoms with Gasteiger partial charge in [-0.05, 0) is 38.3 Å². The molecule has 2 nitrogen and oxygen atoms in total. The lowest BCUT2D eigenvalue weighted by atomic mass is 9.95. The smallest absolute Gasteiger partial charge is 0.0199 e. The Hall–Kier alpha value is 0.270. The quantitative estimate of drug-likeness (QED) is 0.728. The summed E-state index contributed by atoms with van der Waals surface area (Å²) in [5, 5.41) is 4.43. The molecular formula is C12H22N2S. The molecule has 0 radical (unpaired) electrons. The topological polar surface area (TPSA) is 15.3 Å². The van der Waals surface area contributed by atoms with Crippen LogP contribution in [0.3, 0.4) is 0 Å². The van der Waals surface area contributed by atoms with Crippen LogP contribution in [0.5, 0.6) is 0 Å². The van der Waals surface area contributed by atoms with Crippen molar-refractivity contribution >= 4 is 11.8 Å². The number of nitrogens with zero attached hydrogens (tertiary/aromatic N) is 1. The fourth-order valence-corrected chi connectivity index (χ4v) is 4.94. The molecule has 0 aromatic carbocycles. The molecule has 0 bridgehead atoms. The molecule has 1 N–H and O–H groups in total. The van der Waals surface area contributed by atoms with E-state index in [2.05, 4.69) is 35.8 Å². The second-order valence-corrected chi connectivity index (χ2v) is 7.02. The first-order valence-electron chi connectivity index (χ1n) is 6.33. The SMILES string of the molecule is CC1CC(N2CC3CNCC3C2C)CS1. The molecule has 3 aliphatic heterocycles. The van der Waals surface area contributed by atoms with Gasteiger partial charge in [-0.1, -0.05) is 6.92 Å². The molecule has 0 spiro atoms. The van der Waals surface area contributed by atoms with Crippen molar-refractivity contribution in [2.45, 2.75) is 37.6 Å². The van der Waals surface area contributed by atoms with Gasteiger partial charge in [0.15, 0.2) is 0 Å². The molecule has 0 aromatic heterocycles. The molecule has 5 unspecified atom stereocenters. The van der Waals surface area contributed by atoms with Crippen LogP contribution in [0.15, 0.2) is 0 Å². The van der Waals surface area contributed by atoms with Gasteiger partial charge in [-0.3, -0.25) is 4.90 Å². The second-order valence-electron chi connectivity index (χ2n) is 5.55. The first kappa shape index (κ1) is 10.4. The zero-order valence-electron chi connectivity index (χ0n) is 9.78. The summed E-state index contributed by atoms with van der Waals surface area (Å²) in [7, 11) is 0. The van der Waals surface area contributed by atoms with Crippen LogP contribution in [-0.2, 0) is 0 Å². The van der Waals surface area contributed by atoms with Crippen molar-refractivity contribution in [3.63, 3.8) is 0 Å². The van der Waals surface area contributed by atoms with E-state index in [0.717, 1.165) is 29.2 Å². The second kappa shape index (κ2) is 3.94. The van der Waals surface area contributed by atoms with E-state index < -0.39 is 0 Å². The normalized spacial score (nSPS) is 51.2. The lowest BCUT2D eigenvalue weighted by Crippen LogP contribution is -2.41. The van der Waals surface area contributed by atoms with Crippen LogP contribution in [0.1, 0.15) is 20.3 Å². The van der Waals surface area contributed by atoms with E-state index in [1.54, 1.807) is 0 Å². The third-order valence-corrected chi connectivity index (χ3v) is 5.97. The van der Waals surface area contributed by atoms with Gasteiger partial charge in [0.1, 0.15) is 0 Å². The van der Waals surface area contributed by atoms with E-state index in [1.807, 2.05) is 0 Å². The van der Waals surface area contributed by atoms with Crippen LogP contribution >= 0.6 is 11.8 Å². The monoisotopic (exact) mass is 226 g/mol. The first-order chi connectivity index (χ1) is 7.25. The molecule has 3 aliphatic rings. The Balaban J connectivity index is 1.68. The number of hydrogen-bond donors (Lipinski definition) is 1. The third kappa shape index (κ3) is 1.73. The number of rotatable bonds is 1. The highest BCUT2D eigenvalue weighted by Crippen LogP contribution is 2.38. The van der Waals surface area contributed by atoms with E-state index in [9.17, 15) is 0 Å². The molecular weight excluding hydrogens is 204 g/mol. The van der Waals surface area contributed by atoms with Gasteiger partial charge in [0.25, 0.3) is 0 Å². The maximum atomic E-state index is 3.54. The molecule has 3 heteroatoms. The molecule has 15 heavy (non-hydrogen) atoms. The van der Waals surface area contributed by atoms with Crippen LogP contribution in [0.2, 0.25) is 0 Å². The summed E-state index contributed by atoms with van der Waals surface area (Å²) in [4.78, 5) is 2.81. The van der Waals surface area contributed by atoms with Gasteiger partial charge < -0.3 is 5.32 Å². The third-order valence-electron chi connectivity index (χ3n) is 4.63. The van der Waals surface area contributed by atoms with E-state index in [4.69, 9.17) is 0 Å². The van der Waals surface area contributed by atoms with Gasteiger partial charge in [-0.15, -0.1) is 0 Å². The van der Waals surface area contributed by atoms with Gasteiger partial charge in [0, 0.05) is 29.6 Å². The van der Waals surface area contributed by atoms with Crippen molar-refractivity contribution in [1.82, 2.24) is 10.2 Å². The van der Waals surface area contributed by atoms with Crippen LogP contribution in [-0.4, -0.2) is 47.6 Å². The number of hydrogen-bond acceptors (Lipinski definition) is 3. The number of nitrogens with one attached hydrogen (secondary N) is 1. The summed E-state index contributed by atoms with van der Waals surface area (Å²) in [5.41, 5.74) is 0. The Kier molecular flexibility index (Phi) is 2.74. The molecule has 3 heterocycles. The largest absolute Gasteiger partial charge is 0.316 e. The molecule has 5 atom stereocenters. The zero-order valence-corrected chi connectivity index (χ0v) is 10.6. The minimum atomic E-state index is 0.820. The average Bonchev–Trinajstić information content (AvgIpc) is 2.84. The molecule has 3 rings (SSSR count). The van der Waals surface area contributed by atoms with E-state index in [0.29, 0.717) is 0 Å². The maximum Gasteiger partial charge on any atom is 0.0199 e. The predicted molar refractivity (Wildman–Crippen MR) is 66.3 cm³/mol. The molecule has 0 saturated carbocycles. The highest BCUT2D eigenvalue weighted by molar-refractivity contribution is 8.00. The Morgan fingerprint density at radius 3 is 2.80 bits per heavy atom. The summed E-state index contributed by atoms with van der Waals surface area (Å²) in [6.45, 7) is 8.72. The van der Waals surface area contributed by atoms with Crippen molar-refractivity contribution in [2.24, 2.45) is 11.8 Å². The van der Waals surface area contributed by atoms with Crippen LogP contribution in [0, 0.1) is 11.8 Å². The van der Waals surface area contributed by atoms with Gasteiger partial charge in [0.05, 0.1) is 0 Å². The Morgan fingerprint density at radius 1 is 1.27 bits per heavy atom. The average molecular weight is 226 g/mol. The summed E-state index contributed by atoms with van der Waals surface area (Å²) in [6.07, 6.45) is 1.42. The highest BCUT2D eigenvalue weighted by atomic mass is 32.2. The lowest BCUT2D eigenvalue weighted by Gasteiger charge is -2.30. The predicted octanol–water partition coefficient (Wildman–Crippen LogP) is 1.42. The van der Waals surface area contributed by atoms with Crippen molar-refractivity contribution in [1.29, 1.82) is 0 Å². The fourth-order valence-electron chi connectivity index (χ4n) is 3.71. The maximum absolute atomic E-state index is 3.54. The molecule has 0 aromatic rings. The lowest BCUT2D eigenvalue weighted by molar-refractivity contribution is 0.181. The Bertz CT molecular complexity index is 244. The molecule has 3 saturated heterocycles. The number of likely N-dealkylation sites (tertiary alicyclic amines) is 1. The summed E-state index contributed by atoms with van der Waals surface area (Å²) >= 11 is 2.16. The van der Waals surface area contributed by atoms with Crippen LogP contribution in [0.25, 0.3) is 0 Å². The molecule has 86 valence electrons. The summed E-state index contributed by atoms with van der Waals surface area (Å²) in [5.74, 6) is 3.25.